The topological polar surface area (TPSA) is 12.0 Å². The van der Waals surface area contributed by atoms with Crippen LogP contribution in [0.25, 0.3) is 13.2 Å². The average molecular weight is 548 g/mol. The number of allylic oxidation sites excluding steroid dienone is 11. The first-order valence-corrected chi connectivity index (χ1v) is 14.9. The maximum atomic E-state index is 4.36. The maximum absolute atomic E-state index is 4.36. The van der Waals surface area contributed by atoms with Gasteiger partial charge >= 0.3 is 0 Å². The number of hydrogen-bond donors (Lipinski definition) is 1. The van der Waals surface area contributed by atoms with E-state index in [2.05, 4.69) is 122 Å². The molecule has 0 heterocycles. The third-order valence-corrected chi connectivity index (χ3v) is 8.30. The maximum Gasteiger partial charge on any atom is 0.0302 e. The van der Waals surface area contributed by atoms with E-state index in [0.29, 0.717) is 5.92 Å². The summed E-state index contributed by atoms with van der Waals surface area (Å²) >= 11 is 0. The standard InChI is InChI=1S/C40H53N/c1-12-16-17-25-33(14-3)38-28-35(27-34(15-4)37(38)21-13-2)39(8,9)29-40(10,11)41-32(7)36-26-20-23-30(5)22-18-19-24-31(36)6/h12-26,32,35,38,41H,1-3,5-6,27-29H2,4,7-11H3/b17-16-,22-18?,23-20?,24-19?,33-25+,34-15-,36-26?,37-21+/t32-,35?,38?/m1/s1. The largest absolute Gasteiger partial charge is 0.305 e. The first-order chi connectivity index (χ1) is 19.4. The minimum atomic E-state index is -0.0943. The molecule has 2 rings (SSSR count). The predicted octanol–water partition coefficient (Wildman–Crippen LogP) is 9.42. The molecule has 1 nitrogen and oxygen atoms in total. The monoisotopic (exact) mass is 547 g/mol. The molecule has 1 aliphatic rings. The van der Waals surface area contributed by atoms with Crippen LogP contribution in [-0.2, 0) is 0 Å². The Morgan fingerprint density at radius 1 is 0.976 bits per heavy atom. The van der Waals surface area contributed by atoms with Gasteiger partial charge in [-0.05, 0) is 91.0 Å². The van der Waals surface area contributed by atoms with Crippen molar-refractivity contribution in [3.63, 3.8) is 0 Å². The van der Waals surface area contributed by atoms with E-state index in [0.717, 1.165) is 29.7 Å². The molecule has 3 atom stereocenters. The van der Waals surface area contributed by atoms with Gasteiger partial charge in [-0.2, -0.15) is 0 Å². The van der Waals surface area contributed by atoms with Gasteiger partial charge in [0.2, 0.25) is 0 Å². The van der Waals surface area contributed by atoms with Gasteiger partial charge in [0.1, 0.15) is 0 Å². The average Bonchev–Trinajstić information content (AvgIpc) is 2.90. The lowest BCUT2D eigenvalue weighted by Gasteiger charge is -2.46. The first kappa shape index (κ1) is 33.8. The molecule has 1 aromatic carbocycles. The second kappa shape index (κ2) is 15.5. The van der Waals surface area contributed by atoms with Crippen molar-refractivity contribution in [1.82, 2.24) is 5.32 Å². The summed E-state index contributed by atoms with van der Waals surface area (Å²) < 4.78 is 0. The molecule has 1 fully saturated rings. The van der Waals surface area contributed by atoms with E-state index in [4.69, 9.17) is 0 Å². The Hall–Kier alpha value is -3.42. The Kier molecular flexibility index (Phi) is 12.8. The van der Waals surface area contributed by atoms with Crippen molar-refractivity contribution in [2.24, 2.45) is 17.3 Å². The van der Waals surface area contributed by atoms with Gasteiger partial charge in [-0.3, -0.25) is 0 Å². The van der Waals surface area contributed by atoms with E-state index in [9.17, 15) is 0 Å². The summed E-state index contributed by atoms with van der Waals surface area (Å²) in [6.07, 6.45) is 19.6. The van der Waals surface area contributed by atoms with Crippen LogP contribution in [0.4, 0.5) is 0 Å². The van der Waals surface area contributed by atoms with Crippen LogP contribution < -0.4 is 15.8 Å². The van der Waals surface area contributed by atoms with Crippen LogP contribution in [0.5, 0.6) is 0 Å². The second-order valence-corrected chi connectivity index (χ2v) is 12.6. The minimum Gasteiger partial charge on any atom is -0.305 e. The lowest BCUT2D eigenvalue weighted by atomic mass is 9.60. The molecule has 1 aromatic rings. The molecule has 1 saturated carbocycles. The highest BCUT2D eigenvalue weighted by atomic mass is 15.0. The van der Waals surface area contributed by atoms with Gasteiger partial charge in [-0.25, -0.2) is 0 Å². The summed E-state index contributed by atoms with van der Waals surface area (Å²) in [6, 6.07) is 14.5. The van der Waals surface area contributed by atoms with E-state index in [-0.39, 0.29) is 22.9 Å². The molecular formula is C40H53N. The van der Waals surface area contributed by atoms with Crippen molar-refractivity contribution in [3.05, 3.63) is 144 Å². The lowest BCUT2D eigenvalue weighted by molar-refractivity contribution is 0.114. The van der Waals surface area contributed by atoms with Crippen LogP contribution in [0.15, 0.2) is 128 Å². The zero-order chi connectivity index (χ0) is 30.6. The molecule has 0 amide bonds. The smallest absolute Gasteiger partial charge is 0.0302 e. The highest BCUT2D eigenvalue weighted by molar-refractivity contribution is 5.45. The Balaban J connectivity index is 2.40. The van der Waals surface area contributed by atoms with Crippen molar-refractivity contribution < 1.29 is 0 Å². The first-order valence-electron chi connectivity index (χ1n) is 14.9. The van der Waals surface area contributed by atoms with Crippen molar-refractivity contribution >= 4 is 13.2 Å². The summed E-state index contributed by atoms with van der Waals surface area (Å²) in [5.74, 6) is 0.785. The number of hydrogen-bond acceptors (Lipinski definition) is 1. The van der Waals surface area contributed by atoms with Gasteiger partial charge in [-0.1, -0.05) is 138 Å². The normalized spacial score (nSPS) is 21.0. The van der Waals surface area contributed by atoms with Gasteiger partial charge in [0.25, 0.3) is 0 Å². The lowest BCUT2D eigenvalue weighted by Crippen LogP contribution is -2.47. The van der Waals surface area contributed by atoms with E-state index < -0.39 is 0 Å². The van der Waals surface area contributed by atoms with Gasteiger partial charge in [-0.15, -0.1) is 0 Å². The SMILES string of the molecule is C=C/C=C\C=C(/C=C)C1CC(C(C)(C)CC(C)(C)N[C@H](C)c2cccc(=C)ccccc2=C)CC(=C/C)/C1=C\C=C. The molecule has 1 aliphatic carbocycles. The third-order valence-electron chi connectivity index (χ3n) is 8.30. The molecule has 0 aromatic heterocycles. The number of nitrogens with one attached hydrogen (secondary N) is 1. The number of rotatable bonds is 11. The highest BCUT2D eigenvalue weighted by Gasteiger charge is 2.41. The molecular weight excluding hydrogens is 494 g/mol. The van der Waals surface area contributed by atoms with Crippen LogP contribution in [0.1, 0.15) is 72.4 Å². The minimum absolute atomic E-state index is 0.0930. The van der Waals surface area contributed by atoms with E-state index >= 15 is 0 Å². The fraction of sp³-hybridized carbons (Fsp3) is 0.350. The molecule has 41 heavy (non-hydrogen) atoms. The van der Waals surface area contributed by atoms with Gasteiger partial charge in [0.05, 0.1) is 0 Å². The van der Waals surface area contributed by atoms with Crippen molar-refractivity contribution in [1.29, 1.82) is 0 Å². The summed E-state index contributed by atoms with van der Waals surface area (Å²) in [6.45, 7) is 34.4. The summed E-state index contributed by atoms with van der Waals surface area (Å²) in [4.78, 5) is 0. The summed E-state index contributed by atoms with van der Waals surface area (Å²) in [5, 5.41) is 5.95. The molecule has 218 valence electrons. The van der Waals surface area contributed by atoms with Crippen LogP contribution in [0.3, 0.4) is 0 Å². The zero-order valence-electron chi connectivity index (χ0n) is 26.5. The second-order valence-electron chi connectivity index (χ2n) is 12.6. The molecule has 0 saturated heterocycles. The molecule has 0 spiro atoms. The van der Waals surface area contributed by atoms with Crippen molar-refractivity contribution in [2.45, 2.75) is 72.4 Å². The fourth-order valence-electron chi connectivity index (χ4n) is 6.53. The van der Waals surface area contributed by atoms with Crippen molar-refractivity contribution in [3.8, 4) is 0 Å². The summed E-state index contributed by atoms with van der Waals surface area (Å²) in [7, 11) is 0. The van der Waals surface area contributed by atoms with E-state index in [1.165, 1.54) is 22.3 Å². The van der Waals surface area contributed by atoms with E-state index in [1.807, 2.05) is 48.6 Å². The molecule has 1 N–H and O–H groups in total. The molecule has 0 bridgehead atoms. The summed E-state index contributed by atoms with van der Waals surface area (Å²) in [5.41, 5.74) is 5.20. The molecule has 0 radical (unpaired) electrons. The predicted molar refractivity (Wildman–Crippen MR) is 184 cm³/mol. The highest BCUT2D eigenvalue weighted by Crippen LogP contribution is 2.50. The van der Waals surface area contributed by atoms with Crippen LogP contribution in [0, 0.1) is 17.3 Å². The Morgan fingerprint density at radius 2 is 1.66 bits per heavy atom. The molecule has 2 unspecified atom stereocenters. The quantitative estimate of drug-likeness (QED) is 0.272. The zero-order valence-corrected chi connectivity index (χ0v) is 26.5. The Morgan fingerprint density at radius 3 is 2.29 bits per heavy atom. The Bertz CT molecular complexity index is 1360. The third kappa shape index (κ3) is 9.87. The van der Waals surface area contributed by atoms with Crippen LogP contribution in [-0.4, -0.2) is 5.54 Å². The van der Waals surface area contributed by atoms with Gasteiger partial charge < -0.3 is 5.32 Å². The van der Waals surface area contributed by atoms with Crippen molar-refractivity contribution in [2.75, 3.05) is 0 Å². The molecule has 1 heteroatoms. The molecule has 0 aliphatic heterocycles. The van der Waals surface area contributed by atoms with Crippen LogP contribution in [0.2, 0.25) is 0 Å². The van der Waals surface area contributed by atoms with Gasteiger partial charge in [0.15, 0.2) is 0 Å². The fourth-order valence-corrected chi connectivity index (χ4v) is 6.53. The van der Waals surface area contributed by atoms with Crippen LogP contribution >= 0.6 is 0 Å². The van der Waals surface area contributed by atoms with Gasteiger partial charge in [0, 0.05) is 17.5 Å². The Labute approximate surface area is 251 Å². The van der Waals surface area contributed by atoms with E-state index in [1.54, 1.807) is 0 Å².